The molecular formula is C20H32N4O3. The van der Waals surface area contributed by atoms with E-state index in [9.17, 15) is 4.79 Å². The largest absolute Gasteiger partial charge is 0.472 e. The molecule has 0 N–H and O–H groups in total. The molecule has 3 heterocycles. The topological polar surface area (TPSA) is 58.1 Å². The summed E-state index contributed by atoms with van der Waals surface area (Å²) in [7, 11) is 0. The SMILES string of the molecule is CC(=O)N1CCN(c2cc(N3CCOCC3C)cc(OC(C)(C)C)n2)CC1. The van der Waals surface area contributed by atoms with Crippen molar-refractivity contribution in [1.82, 2.24) is 9.88 Å². The van der Waals surface area contributed by atoms with Crippen LogP contribution in [0.2, 0.25) is 0 Å². The monoisotopic (exact) mass is 376 g/mol. The number of piperazine rings is 1. The normalized spacial score (nSPS) is 21.4. The van der Waals surface area contributed by atoms with Crippen LogP contribution in [0.3, 0.4) is 0 Å². The maximum absolute atomic E-state index is 11.6. The Morgan fingerprint density at radius 3 is 2.48 bits per heavy atom. The Bertz CT molecular complexity index is 666. The van der Waals surface area contributed by atoms with Gasteiger partial charge in [-0.05, 0) is 27.7 Å². The Morgan fingerprint density at radius 2 is 1.89 bits per heavy atom. The summed E-state index contributed by atoms with van der Waals surface area (Å²) in [6, 6.07) is 4.48. The van der Waals surface area contributed by atoms with Crippen molar-refractivity contribution >= 4 is 17.4 Å². The van der Waals surface area contributed by atoms with Crippen LogP contribution in [0.25, 0.3) is 0 Å². The van der Waals surface area contributed by atoms with Crippen LogP contribution < -0.4 is 14.5 Å². The highest BCUT2D eigenvalue weighted by Gasteiger charge is 2.25. The highest BCUT2D eigenvalue weighted by Crippen LogP contribution is 2.30. The summed E-state index contributed by atoms with van der Waals surface area (Å²) in [6.45, 7) is 15.2. The third-order valence-corrected chi connectivity index (χ3v) is 4.93. The summed E-state index contributed by atoms with van der Waals surface area (Å²) in [4.78, 5) is 22.9. The molecule has 7 heteroatoms. The molecule has 2 aliphatic heterocycles. The third-order valence-electron chi connectivity index (χ3n) is 4.93. The molecular weight excluding hydrogens is 344 g/mol. The number of morpholine rings is 1. The Balaban J connectivity index is 1.87. The predicted octanol–water partition coefficient (Wildman–Crippen LogP) is 2.15. The van der Waals surface area contributed by atoms with Gasteiger partial charge >= 0.3 is 0 Å². The molecule has 0 aliphatic carbocycles. The molecule has 2 saturated heterocycles. The van der Waals surface area contributed by atoms with Crippen molar-refractivity contribution in [3.8, 4) is 5.88 Å². The van der Waals surface area contributed by atoms with E-state index in [0.29, 0.717) is 11.9 Å². The van der Waals surface area contributed by atoms with E-state index in [4.69, 9.17) is 14.5 Å². The summed E-state index contributed by atoms with van der Waals surface area (Å²) in [5.74, 6) is 1.69. The van der Waals surface area contributed by atoms with Gasteiger partial charge < -0.3 is 24.2 Å². The number of carbonyl (C=O) groups is 1. The van der Waals surface area contributed by atoms with Crippen LogP contribution in [0.4, 0.5) is 11.5 Å². The second-order valence-electron chi connectivity index (χ2n) is 8.35. The highest BCUT2D eigenvalue weighted by molar-refractivity contribution is 5.73. The number of rotatable bonds is 3. The van der Waals surface area contributed by atoms with Crippen LogP contribution in [0.5, 0.6) is 5.88 Å². The maximum Gasteiger partial charge on any atom is 0.219 e. The van der Waals surface area contributed by atoms with Crippen LogP contribution in [-0.2, 0) is 9.53 Å². The van der Waals surface area contributed by atoms with E-state index in [1.807, 2.05) is 31.7 Å². The zero-order chi connectivity index (χ0) is 19.6. The lowest BCUT2D eigenvalue weighted by molar-refractivity contribution is -0.129. The van der Waals surface area contributed by atoms with Crippen LogP contribution in [-0.4, -0.2) is 73.4 Å². The minimum atomic E-state index is -0.313. The fraction of sp³-hybridized carbons (Fsp3) is 0.700. The first-order valence-electron chi connectivity index (χ1n) is 9.79. The number of hydrogen-bond donors (Lipinski definition) is 0. The molecule has 7 nitrogen and oxygen atoms in total. The van der Waals surface area contributed by atoms with Gasteiger partial charge in [0.05, 0.1) is 13.2 Å². The van der Waals surface area contributed by atoms with Gasteiger partial charge in [-0.3, -0.25) is 4.79 Å². The van der Waals surface area contributed by atoms with Crippen LogP contribution in [0.15, 0.2) is 12.1 Å². The van der Waals surface area contributed by atoms with E-state index in [-0.39, 0.29) is 11.5 Å². The number of hydrogen-bond acceptors (Lipinski definition) is 6. The number of aromatic nitrogens is 1. The molecule has 1 unspecified atom stereocenters. The zero-order valence-corrected chi connectivity index (χ0v) is 17.2. The summed E-state index contributed by atoms with van der Waals surface area (Å²) in [5, 5.41) is 0. The van der Waals surface area contributed by atoms with Crippen molar-refractivity contribution in [3.63, 3.8) is 0 Å². The van der Waals surface area contributed by atoms with Crippen LogP contribution >= 0.6 is 0 Å². The fourth-order valence-corrected chi connectivity index (χ4v) is 3.53. The molecule has 0 saturated carbocycles. The molecule has 2 fully saturated rings. The first-order valence-corrected chi connectivity index (χ1v) is 9.79. The summed E-state index contributed by atoms with van der Waals surface area (Å²) < 4.78 is 11.7. The molecule has 0 radical (unpaired) electrons. The number of nitrogens with zero attached hydrogens (tertiary/aromatic N) is 4. The van der Waals surface area contributed by atoms with Gasteiger partial charge in [0.25, 0.3) is 0 Å². The van der Waals surface area contributed by atoms with Gasteiger partial charge in [-0.2, -0.15) is 4.98 Å². The van der Waals surface area contributed by atoms with Crippen molar-refractivity contribution in [2.75, 3.05) is 55.7 Å². The first-order chi connectivity index (χ1) is 12.7. The van der Waals surface area contributed by atoms with Crippen molar-refractivity contribution < 1.29 is 14.3 Å². The lowest BCUT2D eigenvalue weighted by atomic mass is 10.2. The molecule has 1 aromatic heterocycles. The Labute approximate surface area is 162 Å². The average molecular weight is 377 g/mol. The lowest BCUT2D eigenvalue weighted by Crippen LogP contribution is -2.48. The fourth-order valence-electron chi connectivity index (χ4n) is 3.53. The van der Waals surface area contributed by atoms with Gasteiger partial charge in [0, 0.05) is 63.5 Å². The standard InChI is InChI=1S/C20H32N4O3/c1-15-14-26-11-10-24(15)17-12-18(21-19(13-17)27-20(3,4)5)23-8-6-22(7-9-23)16(2)25/h12-13,15H,6-11,14H2,1-5H3. The maximum atomic E-state index is 11.6. The van der Waals surface area contributed by atoms with Crippen molar-refractivity contribution in [3.05, 3.63) is 12.1 Å². The van der Waals surface area contributed by atoms with Gasteiger partial charge in [0.2, 0.25) is 11.8 Å². The molecule has 150 valence electrons. The quantitative estimate of drug-likeness (QED) is 0.806. The van der Waals surface area contributed by atoms with E-state index in [0.717, 1.165) is 57.4 Å². The second kappa shape index (κ2) is 7.92. The minimum Gasteiger partial charge on any atom is -0.472 e. The molecule has 27 heavy (non-hydrogen) atoms. The molecule has 1 aromatic rings. The molecule has 0 aromatic carbocycles. The lowest BCUT2D eigenvalue weighted by Gasteiger charge is -2.38. The van der Waals surface area contributed by atoms with E-state index in [1.165, 1.54) is 0 Å². The van der Waals surface area contributed by atoms with Crippen molar-refractivity contribution in [1.29, 1.82) is 0 Å². The van der Waals surface area contributed by atoms with Gasteiger partial charge in [0.15, 0.2) is 0 Å². The van der Waals surface area contributed by atoms with Gasteiger partial charge in [-0.25, -0.2) is 0 Å². The molecule has 2 aliphatic rings. The summed E-state index contributed by atoms with van der Waals surface area (Å²) >= 11 is 0. The summed E-state index contributed by atoms with van der Waals surface area (Å²) in [5.41, 5.74) is 0.802. The molecule has 1 atom stereocenters. The number of carbonyl (C=O) groups excluding carboxylic acids is 1. The average Bonchev–Trinajstić information content (AvgIpc) is 2.60. The molecule has 0 spiro atoms. The number of amides is 1. The molecule has 0 bridgehead atoms. The van der Waals surface area contributed by atoms with Gasteiger partial charge in [0.1, 0.15) is 11.4 Å². The smallest absolute Gasteiger partial charge is 0.219 e. The Hall–Kier alpha value is -2.02. The predicted molar refractivity (Wildman–Crippen MR) is 107 cm³/mol. The van der Waals surface area contributed by atoms with Crippen LogP contribution in [0, 0.1) is 0 Å². The zero-order valence-electron chi connectivity index (χ0n) is 17.2. The van der Waals surface area contributed by atoms with Gasteiger partial charge in [-0.1, -0.05) is 0 Å². The van der Waals surface area contributed by atoms with Crippen molar-refractivity contribution in [2.24, 2.45) is 0 Å². The van der Waals surface area contributed by atoms with E-state index >= 15 is 0 Å². The molecule has 3 rings (SSSR count). The second-order valence-corrected chi connectivity index (χ2v) is 8.35. The van der Waals surface area contributed by atoms with E-state index in [1.54, 1.807) is 6.92 Å². The van der Waals surface area contributed by atoms with E-state index in [2.05, 4.69) is 22.8 Å². The van der Waals surface area contributed by atoms with E-state index < -0.39 is 0 Å². The Kier molecular flexibility index (Phi) is 5.79. The Morgan fingerprint density at radius 1 is 1.19 bits per heavy atom. The number of ether oxygens (including phenoxy) is 2. The van der Waals surface area contributed by atoms with Crippen molar-refractivity contribution in [2.45, 2.75) is 46.3 Å². The van der Waals surface area contributed by atoms with Gasteiger partial charge in [-0.15, -0.1) is 0 Å². The number of anilines is 2. The highest BCUT2D eigenvalue weighted by atomic mass is 16.5. The third kappa shape index (κ3) is 5.03. The molecule has 1 amide bonds. The first kappa shape index (κ1) is 19.7. The number of pyridine rings is 1. The summed E-state index contributed by atoms with van der Waals surface area (Å²) in [6.07, 6.45) is 0. The van der Waals surface area contributed by atoms with Crippen LogP contribution in [0.1, 0.15) is 34.6 Å². The minimum absolute atomic E-state index is 0.134.